The predicted octanol–water partition coefficient (Wildman–Crippen LogP) is 3.44. The van der Waals surface area contributed by atoms with Crippen LogP contribution in [-0.2, 0) is 0 Å². The van der Waals surface area contributed by atoms with E-state index in [9.17, 15) is 0 Å². The van der Waals surface area contributed by atoms with Gasteiger partial charge in [0.25, 0.3) is 0 Å². The molecule has 0 unspecified atom stereocenters. The Labute approximate surface area is 99.2 Å². The molecule has 2 rings (SSSR count). The van der Waals surface area contributed by atoms with Crippen molar-refractivity contribution < 1.29 is 4.74 Å². The van der Waals surface area contributed by atoms with Gasteiger partial charge in [0.1, 0.15) is 5.75 Å². The summed E-state index contributed by atoms with van der Waals surface area (Å²) in [4.78, 5) is 0. The maximum absolute atomic E-state index is 5.68. The summed E-state index contributed by atoms with van der Waals surface area (Å²) in [6.07, 6.45) is 2.95. The van der Waals surface area contributed by atoms with E-state index >= 15 is 0 Å². The molecule has 1 aromatic rings. The fourth-order valence-electron chi connectivity index (χ4n) is 0.975. The summed E-state index contributed by atoms with van der Waals surface area (Å²) >= 11 is 4.63. The number of hydrogen-bond acceptors (Lipinski definition) is 1. The zero-order valence-corrected chi connectivity index (χ0v) is 10.7. The average Bonchev–Trinajstić information content (AvgIpc) is 2.68. The van der Waals surface area contributed by atoms with Gasteiger partial charge < -0.3 is 4.74 Å². The number of ether oxygens (including phenoxy) is 1. The topological polar surface area (TPSA) is 9.23 Å². The van der Waals surface area contributed by atoms with Crippen molar-refractivity contribution in [1.82, 2.24) is 0 Å². The highest BCUT2D eigenvalue weighted by molar-refractivity contribution is 14.1. The molecule has 0 aliphatic heterocycles. The molecule has 0 atom stereocenters. The fraction of sp³-hybridized carbons (Fsp3) is 0.333. The Balaban J connectivity index is 2.18. The molecule has 1 fully saturated rings. The highest BCUT2D eigenvalue weighted by Crippen LogP contribution is 2.28. The maximum Gasteiger partial charge on any atom is 0.121 e. The van der Waals surface area contributed by atoms with Crippen LogP contribution in [0.4, 0.5) is 0 Å². The molecule has 12 heavy (non-hydrogen) atoms. The summed E-state index contributed by atoms with van der Waals surface area (Å²) in [5, 5.41) is 0. The second-order valence-corrected chi connectivity index (χ2v) is 5.41. The molecule has 0 heterocycles. The first-order chi connectivity index (χ1) is 5.74. The molecule has 0 radical (unpaired) electrons. The van der Waals surface area contributed by atoms with E-state index in [1.165, 1.54) is 20.0 Å². The summed E-state index contributed by atoms with van der Waals surface area (Å²) in [7, 11) is 0. The number of hydrogen-bond donors (Lipinski definition) is 0. The predicted molar refractivity (Wildman–Crippen MR) is 65.5 cm³/mol. The Kier molecular flexibility index (Phi) is 2.78. The van der Waals surface area contributed by atoms with Crippen LogP contribution in [0.5, 0.6) is 5.75 Å². The molecule has 0 saturated heterocycles. The number of rotatable bonds is 2. The van der Waals surface area contributed by atoms with Gasteiger partial charge in [-0.15, -0.1) is 0 Å². The normalized spacial score (nSPS) is 16.2. The van der Waals surface area contributed by atoms with Crippen LogP contribution in [0, 0.1) is 7.14 Å². The average molecular weight is 386 g/mol. The Morgan fingerprint density at radius 2 is 1.67 bits per heavy atom. The van der Waals surface area contributed by atoms with Crippen molar-refractivity contribution in [3.8, 4) is 5.75 Å². The third kappa shape index (κ3) is 2.48. The van der Waals surface area contributed by atoms with E-state index in [2.05, 4.69) is 63.4 Å². The summed E-state index contributed by atoms with van der Waals surface area (Å²) < 4.78 is 8.17. The van der Waals surface area contributed by atoms with Crippen LogP contribution in [-0.4, -0.2) is 6.10 Å². The lowest BCUT2D eigenvalue weighted by molar-refractivity contribution is 0.303. The summed E-state index contributed by atoms with van der Waals surface area (Å²) in [6, 6.07) is 6.31. The Morgan fingerprint density at radius 1 is 1.08 bits per heavy atom. The van der Waals surface area contributed by atoms with Gasteiger partial charge in [0, 0.05) is 7.14 Å². The minimum absolute atomic E-state index is 0.499. The first-order valence-corrected chi connectivity index (χ1v) is 6.02. The highest BCUT2D eigenvalue weighted by Gasteiger charge is 2.23. The van der Waals surface area contributed by atoms with Gasteiger partial charge in [0.2, 0.25) is 0 Å². The SMILES string of the molecule is Ic1cc(I)cc(OC2CC2)c1. The van der Waals surface area contributed by atoms with Gasteiger partial charge in [-0.3, -0.25) is 0 Å². The minimum Gasteiger partial charge on any atom is -0.490 e. The van der Waals surface area contributed by atoms with Crippen LogP contribution >= 0.6 is 45.2 Å². The Morgan fingerprint density at radius 3 is 2.17 bits per heavy atom. The summed E-state index contributed by atoms with van der Waals surface area (Å²) in [6.45, 7) is 0. The summed E-state index contributed by atoms with van der Waals surface area (Å²) in [5.74, 6) is 1.02. The van der Waals surface area contributed by atoms with Crippen molar-refractivity contribution >= 4 is 45.2 Å². The number of benzene rings is 1. The molecule has 3 heteroatoms. The molecule has 1 aliphatic carbocycles. The van der Waals surface area contributed by atoms with Gasteiger partial charge in [0.15, 0.2) is 0 Å². The van der Waals surface area contributed by atoms with Crippen LogP contribution in [0.15, 0.2) is 18.2 Å². The van der Waals surface area contributed by atoms with E-state index in [-0.39, 0.29) is 0 Å². The van der Waals surface area contributed by atoms with E-state index in [0.717, 1.165) is 5.75 Å². The van der Waals surface area contributed by atoms with Gasteiger partial charge in [-0.2, -0.15) is 0 Å². The van der Waals surface area contributed by atoms with Gasteiger partial charge in [0.05, 0.1) is 6.10 Å². The van der Waals surface area contributed by atoms with Crippen LogP contribution < -0.4 is 4.74 Å². The molecule has 64 valence electrons. The second-order valence-electron chi connectivity index (χ2n) is 2.92. The molecular formula is C9H8I2O. The third-order valence-corrected chi connectivity index (χ3v) is 2.91. The van der Waals surface area contributed by atoms with Crippen molar-refractivity contribution in [3.63, 3.8) is 0 Å². The smallest absolute Gasteiger partial charge is 0.121 e. The first-order valence-electron chi connectivity index (χ1n) is 3.87. The zero-order valence-electron chi connectivity index (χ0n) is 6.39. The molecule has 0 amide bonds. The van der Waals surface area contributed by atoms with Crippen LogP contribution in [0.1, 0.15) is 12.8 Å². The van der Waals surface area contributed by atoms with Gasteiger partial charge in [-0.25, -0.2) is 0 Å². The Hall–Kier alpha value is 0.480. The van der Waals surface area contributed by atoms with E-state index < -0.39 is 0 Å². The maximum atomic E-state index is 5.68. The molecule has 0 spiro atoms. The largest absolute Gasteiger partial charge is 0.490 e. The minimum atomic E-state index is 0.499. The zero-order chi connectivity index (χ0) is 8.55. The van der Waals surface area contributed by atoms with Crippen molar-refractivity contribution in [2.75, 3.05) is 0 Å². The Bertz CT molecular complexity index is 274. The first kappa shape index (κ1) is 9.05. The van der Waals surface area contributed by atoms with Gasteiger partial charge in [-0.1, -0.05) is 0 Å². The fourth-order valence-corrected chi connectivity index (χ4v) is 2.86. The molecule has 1 saturated carbocycles. The quantitative estimate of drug-likeness (QED) is 0.708. The van der Waals surface area contributed by atoms with Gasteiger partial charge >= 0.3 is 0 Å². The van der Waals surface area contributed by atoms with E-state index in [4.69, 9.17) is 4.74 Å². The standard InChI is InChI=1S/C9H8I2O/c10-6-3-7(11)5-9(4-6)12-8-1-2-8/h3-5,8H,1-2H2. The summed E-state index contributed by atoms with van der Waals surface area (Å²) in [5.41, 5.74) is 0. The van der Waals surface area contributed by atoms with E-state index in [1.807, 2.05) is 0 Å². The molecule has 0 aromatic heterocycles. The van der Waals surface area contributed by atoms with E-state index in [0.29, 0.717) is 6.10 Å². The van der Waals surface area contributed by atoms with E-state index in [1.54, 1.807) is 0 Å². The third-order valence-electron chi connectivity index (χ3n) is 1.66. The molecule has 1 aromatic carbocycles. The molecule has 1 nitrogen and oxygen atoms in total. The van der Waals surface area contributed by atoms with Crippen LogP contribution in [0.2, 0.25) is 0 Å². The lowest BCUT2D eigenvalue weighted by Gasteiger charge is -2.04. The van der Waals surface area contributed by atoms with Crippen LogP contribution in [0.25, 0.3) is 0 Å². The molecule has 0 bridgehead atoms. The van der Waals surface area contributed by atoms with Crippen molar-refractivity contribution in [2.24, 2.45) is 0 Å². The molecule has 1 aliphatic rings. The second kappa shape index (κ2) is 3.69. The molecule has 0 N–H and O–H groups in total. The van der Waals surface area contributed by atoms with Crippen molar-refractivity contribution in [3.05, 3.63) is 25.3 Å². The lowest BCUT2D eigenvalue weighted by Crippen LogP contribution is -1.96. The van der Waals surface area contributed by atoms with Gasteiger partial charge in [-0.05, 0) is 76.2 Å². The van der Waals surface area contributed by atoms with Crippen molar-refractivity contribution in [2.45, 2.75) is 18.9 Å². The lowest BCUT2D eigenvalue weighted by atomic mass is 10.3. The van der Waals surface area contributed by atoms with Crippen molar-refractivity contribution in [1.29, 1.82) is 0 Å². The number of halogens is 2. The monoisotopic (exact) mass is 386 g/mol. The highest BCUT2D eigenvalue weighted by atomic mass is 127. The molecular weight excluding hydrogens is 378 g/mol. The van der Waals surface area contributed by atoms with Crippen LogP contribution in [0.3, 0.4) is 0 Å².